The number of nitrogens with zero attached hydrogens (tertiary/aromatic N) is 1. The Hall–Kier alpha value is -1.27. The van der Waals surface area contributed by atoms with Crippen LogP contribution in [0.3, 0.4) is 0 Å². The lowest BCUT2D eigenvalue weighted by atomic mass is 9.78. The van der Waals surface area contributed by atoms with Gasteiger partial charge in [-0.05, 0) is 18.3 Å². The van der Waals surface area contributed by atoms with Crippen LogP contribution < -0.4 is 0 Å². The molecule has 0 spiro atoms. The summed E-state index contributed by atoms with van der Waals surface area (Å²) in [5.74, 6) is -3.46. The maximum Gasteiger partial charge on any atom is 0.471 e. The van der Waals surface area contributed by atoms with Crippen molar-refractivity contribution in [2.75, 3.05) is 6.54 Å². The van der Waals surface area contributed by atoms with Gasteiger partial charge in [-0.1, -0.05) is 13.8 Å². The van der Waals surface area contributed by atoms with Crippen LogP contribution in [0.2, 0.25) is 0 Å². The molecule has 4 nitrogen and oxygen atoms in total. The van der Waals surface area contributed by atoms with Gasteiger partial charge in [-0.15, -0.1) is 0 Å². The van der Waals surface area contributed by atoms with Gasteiger partial charge in [0.2, 0.25) is 0 Å². The SMILES string of the molecule is CC1(C)CCN(C(=O)C(F)(F)F)C(C(=O)O)C1. The van der Waals surface area contributed by atoms with Crippen molar-refractivity contribution < 1.29 is 27.9 Å². The summed E-state index contributed by atoms with van der Waals surface area (Å²) >= 11 is 0. The lowest BCUT2D eigenvalue weighted by Crippen LogP contribution is -2.55. The molecule has 1 saturated heterocycles. The van der Waals surface area contributed by atoms with Crippen molar-refractivity contribution in [2.45, 2.75) is 38.9 Å². The highest BCUT2D eigenvalue weighted by Gasteiger charge is 2.49. The van der Waals surface area contributed by atoms with Crippen molar-refractivity contribution >= 4 is 11.9 Å². The average molecular weight is 253 g/mol. The third-order valence-electron chi connectivity index (χ3n) is 2.94. The summed E-state index contributed by atoms with van der Waals surface area (Å²) in [4.78, 5) is 22.4. The molecule has 0 aromatic heterocycles. The molecule has 0 radical (unpaired) electrons. The molecule has 1 amide bonds. The minimum atomic E-state index is -5.02. The number of rotatable bonds is 1. The van der Waals surface area contributed by atoms with Gasteiger partial charge in [-0.2, -0.15) is 13.2 Å². The number of carbonyl (C=O) groups excluding carboxylic acids is 1. The summed E-state index contributed by atoms with van der Waals surface area (Å²) in [7, 11) is 0. The first-order valence-electron chi connectivity index (χ1n) is 5.15. The number of amides is 1. The van der Waals surface area contributed by atoms with Crippen molar-refractivity contribution in [3.05, 3.63) is 0 Å². The van der Waals surface area contributed by atoms with Gasteiger partial charge in [0.15, 0.2) is 0 Å². The predicted octanol–water partition coefficient (Wildman–Crippen LogP) is 1.65. The van der Waals surface area contributed by atoms with Crippen LogP contribution in [0.5, 0.6) is 0 Å². The molecule has 7 heteroatoms. The van der Waals surface area contributed by atoms with Crippen molar-refractivity contribution in [3.8, 4) is 0 Å². The Morgan fingerprint density at radius 1 is 1.35 bits per heavy atom. The Balaban J connectivity index is 2.92. The fourth-order valence-corrected chi connectivity index (χ4v) is 1.94. The summed E-state index contributed by atoms with van der Waals surface area (Å²) < 4.78 is 36.8. The Kier molecular flexibility index (Phi) is 3.40. The van der Waals surface area contributed by atoms with E-state index in [-0.39, 0.29) is 18.4 Å². The largest absolute Gasteiger partial charge is 0.480 e. The Labute approximate surface area is 96.4 Å². The van der Waals surface area contributed by atoms with Crippen LogP contribution in [0, 0.1) is 5.41 Å². The van der Waals surface area contributed by atoms with Crippen molar-refractivity contribution in [3.63, 3.8) is 0 Å². The summed E-state index contributed by atoms with van der Waals surface area (Å²) in [6.07, 6.45) is -4.63. The summed E-state index contributed by atoms with van der Waals surface area (Å²) in [5.41, 5.74) is -0.370. The Morgan fingerprint density at radius 2 is 1.88 bits per heavy atom. The van der Waals surface area contributed by atoms with E-state index in [1.165, 1.54) is 0 Å². The Bertz CT molecular complexity index is 338. The molecule has 0 saturated carbocycles. The molecule has 0 aromatic rings. The van der Waals surface area contributed by atoms with Gasteiger partial charge in [0.25, 0.3) is 0 Å². The van der Waals surface area contributed by atoms with Gasteiger partial charge in [0.1, 0.15) is 6.04 Å². The zero-order valence-electron chi connectivity index (χ0n) is 9.54. The van der Waals surface area contributed by atoms with Crippen LogP contribution in [-0.4, -0.2) is 40.6 Å². The van der Waals surface area contributed by atoms with Gasteiger partial charge in [-0.25, -0.2) is 4.79 Å². The van der Waals surface area contributed by atoms with Gasteiger partial charge < -0.3 is 10.0 Å². The van der Waals surface area contributed by atoms with Crippen LogP contribution in [0.4, 0.5) is 13.2 Å². The molecule has 1 heterocycles. The minimum Gasteiger partial charge on any atom is -0.480 e. The highest BCUT2D eigenvalue weighted by molar-refractivity contribution is 5.87. The normalized spacial score (nSPS) is 24.5. The molecule has 0 aromatic carbocycles. The van der Waals surface area contributed by atoms with Gasteiger partial charge in [0.05, 0.1) is 0 Å². The number of hydrogen-bond acceptors (Lipinski definition) is 2. The first-order valence-corrected chi connectivity index (χ1v) is 5.15. The molecule has 1 aliphatic rings. The lowest BCUT2D eigenvalue weighted by molar-refractivity contribution is -0.193. The molecule has 1 N–H and O–H groups in total. The number of piperidine rings is 1. The molecule has 1 unspecified atom stereocenters. The van der Waals surface area contributed by atoms with Gasteiger partial charge in [-0.3, -0.25) is 4.79 Å². The fourth-order valence-electron chi connectivity index (χ4n) is 1.94. The molecule has 17 heavy (non-hydrogen) atoms. The summed E-state index contributed by atoms with van der Waals surface area (Å²) in [6, 6.07) is -1.40. The number of halogens is 3. The van der Waals surface area contributed by atoms with Crippen LogP contribution in [0.15, 0.2) is 0 Å². The van der Waals surface area contributed by atoms with E-state index in [1.807, 2.05) is 0 Å². The smallest absolute Gasteiger partial charge is 0.471 e. The monoisotopic (exact) mass is 253 g/mol. The first-order chi connectivity index (χ1) is 7.54. The second-order valence-corrected chi connectivity index (χ2v) is 4.97. The van der Waals surface area contributed by atoms with E-state index < -0.39 is 24.1 Å². The van der Waals surface area contributed by atoms with E-state index in [2.05, 4.69) is 0 Å². The molecular formula is C10H14F3NO3. The quantitative estimate of drug-likeness (QED) is 0.773. The van der Waals surface area contributed by atoms with E-state index in [0.29, 0.717) is 11.3 Å². The predicted molar refractivity (Wildman–Crippen MR) is 52.2 cm³/mol. The van der Waals surface area contributed by atoms with Gasteiger partial charge >= 0.3 is 18.1 Å². The fraction of sp³-hybridized carbons (Fsp3) is 0.800. The number of carboxylic acid groups (broad SMARTS) is 1. The van der Waals surface area contributed by atoms with Gasteiger partial charge in [0, 0.05) is 6.54 Å². The van der Waals surface area contributed by atoms with E-state index in [1.54, 1.807) is 13.8 Å². The number of alkyl halides is 3. The van der Waals surface area contributed by atoms with Crippen molar-refractivity contribution in [1.29, 1.82) is 0 Å². The number of likely N-dealkylation sites (tertiary alicyclic amines) is 1. The third-order valence-corrected chi connectivity index (χ3v) is 2.94. The molecule has 98 valence electrons. The molecule has 1 rings (SSSR count). The number of carboxylic acids is 1. The highest BCUT2D eigenvalue weighted by atomic mass is 19.4. The topological polar surface area (TPSA) is 57.6 Å². The average Bonchev–Trinajstić information content (AvgIpc) is 2.14. The summed E-state index contributed by atoms with van der Waals surface area (Å²) in [6.45, 7) is 3.37. The molecule has 1 aliphatic heterocycles. The van der Waals surface area contributed by atoms with E-state index in [9.17, 15) is 22.8 Å². The Morgan fingerprint density at radius 3 is 2.29 bits per heavy atom. The number of carbonyl (C=O) groups is 2. The van der Waals surface area contributed by atoms with E-state index in [4.69, 9.17) is 5.11 Å². The van der Waals surface area contributed by atoms with Crippen LogP contribution in [-0.2, 0) is 9.59 Å². The maximum atomic E-state index is 12.3. The van der Waals surface area contributed by atoms with Crippen LogP contribution >= 0.6 is 0 Å². The molecule has 0 aliphatic carbocycles. The molecule has 1 atom stereocenters. The first kappa shape index (κ1) is 13.8. The lowest BCUT2D eigenvalue weighted by Gasteiger charge is -2.41. The molecule has 1 fully saturated rings. The van der Waals surface area contributed by atoms with Crippen LogP contribution in [0.25, 0.3) is 0 Å². The van der Waals surface area contributed by atoms with Crippen molar-refractivity contribution in [2.24, 2.45) is 5.41 Å². The third kappa shape index (κ3) is 3.10. The van der Waals surface area contributed by atoms with E-state index >= 15 is 0 Å². The maximum absolute atomic E-state index is 12.3. The number of aliphatic carboxylic acids is 1. The highest BCUT2D eigenvalue weighted by Crippen LogP contribution is 2.35. The summed E-state index contributed by atoms with van der Waals surface area (Å²) in [5, 5.41) is 8.89. The zero-order chi connectivity index (χ0) is 13.4. The van der Waals surface area contributed by atoms with Crippen molar-refractivity contribution in [1.82, 2.24) is 4.90 Å². The van der Waals surface area contributed by atoms with Crippen LogP contribution in [0.1, 0.15) is 26.7 Å². The second kappa shape index (κ2) is 4.19. The minimum absolute atomic E-state index is 0.0319. The standard InChI is InChI=1S/C10H14F3NO3/c1-9(2)3-4-14(6(5-9)7(15)16)8(17)10(11,12)13/h6H,3-5H2,1-2H3,(H,15,16). The molecular weight excluding hydrogens is 239 g/mol. The number of hydrogen-bond donors (Lipinski definition) is 1. The van der Waals surface area contributed by atoms with E-state index in [0.717, 1.165) is 0 Å². The molecule has 0 bridgehead atoms. The zero-order valence-corrected chi connectivity index (χ0v) is 9.54. The second-order valence-electron chi connectivity index (χ2n) is 4.97.